The van der Waals surface area contributed by atoms with Crippen molar-refractivity contribution < 1.29 is 0 Å². The monoisotopic (exact) mass is 229 g/mol. The fourth-order valence-electron chi connectivity index (χ4n) is 2.59. The highest BCUT2D eigenvalue weighted by molar-refractivity contribution is 5.57. The van der Waals surface area contributed by atoms with Crippen LogP contribution in [0.2, 0.25) is 0 Å². The van der Waals surface area contributed by atoms with Crippen molar-refractivity contribution in [3.05, 3.63) is 23.4 Å². The summed E-state index contributed by atoms with van der Waals surface area (Å²) in [5, 5.41) is 9.21. The number of nitrogens with zero attached hydrogens (tertiary/aromatic N) is 3. The molecule has 3 nitrogen and oxygen atoms in total. The molecule has 0 aromatic carbocycles. The van der Waals surface area contributed by atoms with Crippen LogP contribution in [0.15, 0.2) is 12.3 Å². The molecule has 1 aromatic heterocycles. The molecule has 0 amide bonds. The Hall–Kier alpha value is -1.56. The average Bonchev–Trinajstić information content (AvgIpc) is 2.78. The maximum Gasteiger partial charge on any atom is 0.146 e. The minimum absolute atomic E-state index is 0.740. The number of anilines is 1. The van der Waals surface area contributed by atoms with Gasteiger partial charge in [0.1, 0.15) is 11.9 Å². The lowest BCUT2D eigenvalue weighted by Crippen LogP contribution is -2.22. The minimum Gasteiger partial charge on any atom is -0.355 e. The summed E-state index contributed by atoms with van der Waals surface area (Å²) >= 11 is 0. The molecule has 2 heterocycles. The van der Waals surface area contributed by atoms with Crippen LogP contribution in [-0.2, 0) is 0 Å². The Bertz CT molecular complexity index is 434. The number of rotatable bonds is 3. The lowest BCUT2D eigenvalue weighted by Gasteiger charge is -2.19. The van der Waals surface area contributed by atoms with Gasteiger partial charge >= 0.3 is 0 Å². The molecule has 3 heteroatoms. The molecule has 1 aliphatic heterocycles. The molecule has 17 heavy (non-hydrogen) atoms. The minimum atomic E-state index is 0.740. The van der Waals surface area contributed by atoms with Crippen LogP contribution in [0.1, 0.15) is 37.3 Å². The van der Waals surface area contributed by atoms with E-state index >= 15 is 0 Å². The van der Waals surface area contributed by atoms with E-state index in [-0.39, 0.29) is 0 Å². The van der Waals surface area contributed by atoms with Crippen molar-refractivity contribution in [1.82, 2.24) is 4.98 Å². The van der Waals surface area contributed by atoms with Crippen molar-refractivity contribution in [2.24, 2.45) is 5.92 Å². The molecule has 0 radical (unpaired) electrons. The Morgan fingerprint density at radius 1 is 1.59 bits per heavy atom. The van der Waals surface area contributed by atoms with Gasteiger partial charge in [0.05, 0.1) is 5.56 Å². The maximum atomic E-state index is 9.21. The second-order valence-corrected chi connectivity index (χ2v) is 4.83. The summed E-state index contributed by atoms with van der Waals surface area (Å²) in [6.07, 6.45) is 5.56. The molecule has 0 spiro atoms. The predicted octanol–water partition coefficient (Wildman–Crippen LogP) is 2.89. The first kappa shape index (κ1) is 11.9. The van der Waals surface area contributed by atoms with Crippen LogP contribution in [0.25, 0.3) is 0 Å². The third-order valence-corrected chi connectivity index (χ3v) is 3.53. The van der Waals surface area contributed by atoms with E-state index in [1.807, 2.05) is 13.0 Å². The molecule has 1 atom stereocenters. The fourth-order valence-corrected chi connectivity index (χ4v) is 2.59. The largest absolute Gasteiger partial charge is 0.355 e. The van der Waals surface area contributed by atoms with Gasteiger partial charge in [-0.3, -0.25) is 0 Å². The van der Waals surface area contributed by atoms with Crippen LogP contribution in [0, 0.1) is 24.2 Å². The summed E-state index contributed by atoms with van der Waals surface area (Å²) in [6.45, 7) is 6.30. The first-order chi connectivity index (χ1) is 8.26. The molecule has 1 saturated heterocycles. The Morgan fingerprint density at radius 3 is 3.12 bits per heavy atom. The summed E-state index contributed by atoms with van der Waals surface area (Å²) in [5.41, 5.74) is 1.76. The summed E-state index contributed by atoms with van der Waals surface area (Å²) in [5.74, 6) is 1.65. The zero-order valence-electron chi connectivity index (χ0n) is 10.6. The molecule has 90 valence electrons. The second-order valence-electron chi connectivity index (χ2n) is 4.83. The topological polar surface area (TPSA) is 39.9 Å². The molecule has 0 saturated carbocycles. The number of hydrogen-bond donors (Lipinski definition) is 0. The fraction of sp³-hybridized carbons (Fsp3) is 0.571. The van der Waals surface area contributed by atoms with Crippen LogP contribution >= 0.6 is 0 Å². The molecular formula is C14H19N3. The summed E-state index contributed by atoms with van der Waals surface area (Å²) in [6, 6.07) is 4.19. The quantitative estimate of drug-likeness (QED) is 0.800. The predicted molar refractivity (Wildman–Crippen MR) is 68.9 cm³/mol. The van der Waals surface area contributed by atoms with Gasteiger partial charge in [0.2, 0.25) is 0 Å². The van der Waals surface area contributed by atoms with Gasteiger partial charge in [0, 0.05) is 19.3 Å². The summed E-state index contributed by atoms with van der Waals surface area (Å²) in [4.78, 5) is 6.66. The first-order valence-corrected chi connectivity index (χ1v) is 6.37. The van der Waals surface area contributed by atoms with Crippen molar-refractivity contribution in [1.29, 1.82) is 5.26 Å². The Kier molecular flexibility index (Phi) is 3.63. The Labute approximate surface area is 103 Å². The zero-order chi connectivity index (χ0) is 12.3. The van der Waals surface area contributed by atoms with Gasteiger partial charge in [0.25, 0.3) is 0 Å². The molecule has 0 N–H and O–H groups in total. The molecule has 1 unspecified atom stereocenters. The Morgan fingerprint density at radius 2 is 2.41 bits per heavy atom. The van der Waals surface area contributed by atoms with E-state index in [1.54, 1.807) is 6.20 Å². The van der Waals surface area contributed by atoms with Crippen molar-refractivity contribution in [2.75, 3.05) is 18.0 Å². The molecular weight excluding hydrogens is 210 g/mol. The highest BCUT2D eigenvalue weighted by atomic mass is 15.2. The van der Waals surface area contributed by atoms with E-state index < -0.39 is 0 Å². The third kappa shape index (κ3) is 2.41. The molecule has 1 fully saturated rings. The van der Waals surface area contributed by atoms with Gasteiger partial charge in [-0.15, -0.1) is 0 Å². The molecule has 1 aromatic rings. The highest BCUT2D eigenvalue weighted by Crippen LogP contribution is 2.28. The lowest BCUT2D eigenvalue weighted by molar-refractivity contribution is 0.529. The van der Waals surface area contributed by atoms with Crippen molar-refractivity contribution >= 4 is 5.82 Å². The van der Waals surface area contributed by atoms with Gasteiger partial charge < -0.3 is 4.90 Å². The zero-order valence-corrected chi connectivity index (χ0v) is 10.6. The van der Waals surface area contributed by atoms with E-state index in [2.05, 4.69) is 22.9 Å². The normalized spacial score (nSPS) is 19.4. The van der Waals surface area contributed by atoms with Gasteiger partial charge in [-0.1, -0.05) is 13.3 Å². The van der Waals surface area contributed by atoms with Gasteiger partial charge in [-0.2, -0.15) is 5.26 Å². The number of aromatic nitrogens is 1. The number of hydrogen-bond acceptors (Lipinski definition) is 3. The van der Waals surface area contributed by atoms with Gasteiger partial charge in [0.15, 0.2) is 0 Å². The van der Waals surface area contributed by atoms with Crippen molar-refractivity contribution in [2.45, 2.75) is 33.1 Å². The lowest BCUT2D eigenvalue weighted by atomic mass is 10.0. The first-order valence-electron chi connectivity index (χ1n) is 6.37. The van der Waals surface area contributed by atoms with E-state index in [9.17, 15) is 5.26 Å². The van der Waals surface area contributed by atoms with Crippen LogP contribution < -0.4 is 4.90 Å². The number of aryl methyl sites for hydroxylation is 1. The molecule has 1 aliphatic rings. The van der Waals surface area contributed by atoms with E-state index in [0.717, 1.165) is 36.0 Å². The maximum absolute atomic E-state index is 9.21. The number of nitriles is 1. The number of pyridine rings is 1. The molecule has 2 rings (SSSR count). The van der Waals surface area contributed by atoms with Crippen LogP contribution in [0.4, 0.5) is 5.82 Å². The average molecular weight is 229 g/mol. The summed E-state index contributed by atoms with van der Waals surface area (Å²) < 4.78 is 0. The van der Waals surface area contributed by atoms with Gasteiger partial charge in [-0.25, -0.2) is 4.98 Å². The Balaban J connectivity index is 2.19. The van der Waals surface area contributed by atoms with Crippen LogP contribution in [0.5, 0.6) is 0 Å². The molecule has 0 aliphatic carbocycles. The van der Waals surface area contributed by atoms with Crippen molar-refractivity contribution in [3.8, 4) is 6.07 Å². The third-order valence-electron chi connectivity index (χ3n) is 3.53. The standard InChI is InChI=1S/C14H19N3/c1-3-4-12-6-8-17(10-12)14-13(9-15)11(2)5-7-16-14/h5,7,12H,3-4,6,8,10H2,1-2H3. The van der Waals surface area contributed by atoms with Crippen LogP contribution in [-0.4, -0.2) is 18.1 Å². The summed E-state index contributed by atoms with van der Waals surface area (Å²) in [7, 11) is 0. The van der Waals surface area contributed by atoms with Crippen LogP contribution in [0.3, 0.4) is 0 Å². The van der Waals surface area contributed by atoms with E-state index in [1.165, 1.54) is 19.3 Å². The van der Waals surface area contributed by atoms with E-state index in [0.29, 0.717) is 0 Å². The molecule has 0 bridgehead atoms. The van der Waals surface area contributed by atoms with Gasteiger partial charge in [-0.05, 0) is 37.3 Å². The SMILES string of the molecule is CCCC1CCN(c2nccc(C)c2C#N)C1. The smallest absolute Gasteiger partial charge is 0.146 e. The van der Waals surface area contributed by atoms with Crippen molar-refractivity contribution in [3.63, 3.8) is 0 Å². The van der Waals surface area contributed by atoms with E-state index in [4.69, 9.17) is 0 Å². The highest BCUT2D eigenvalue weighted by Gasteiger charge is 2.24. The second kappa shape index (κ2) is 5.18.